The van der Waals surface area contributed by atoms with E-state index in [4.69, 9.17) is 18.5 Å². The molecule has 13 heteroatoms. The zero-order chi connectivity index (χ0) is 27.1. The van der Waals surface area contributed by atoms with Gasteiger partial charge < -0.3 is 14.0 Å². The summed E-state index contributed by atoms with van der Waals surface area (Å²) in [5, 5.41) is 2.54. The number of H-pyrrole nitrogens is 1. The summed E-state index contributed by atoms with van der Waals surface area (Å²) in [5.41, 5.74) is -3.55. The van der Waals surface area contributed by atoms with Gasteiger partial charge in [0.2, 0.25) is 0 Å². The molecule has 0 saturated heterocycles. The largest absolute Gasteiger partial charge is 0.462 e. The molecule has 0 spiro atoms. The summed E-state index contributed by atoms with van der Waals surface area (Å²) in [4.78, 5) is 37.9. The highest BCUT2D eigenvalue weighted by Gasteiger charge is 2.36. The van der Waals surface area contributed by atoms with E-state index < -0.39 is 49.0 Å². The number of hydrogen-bond acceptors (Lipinski definition) is 8. The zero-order valence-electron chi connectivity index (χ0n) is 21.1. The number of benzene rings is 1. The minimum atomic E-state index is -4.16. The van der Waals surface area contributed by atoms with Crippen LogP contribution in [0.5, 0.6) is 5.75 Å². The lowest BCUT2D eigenvalue weighted by molar-refractivity contribution is -0.149. The maximum Gasteiger partial charge on any atom is 0.459 e. The lowest BCUT2D eigenvalue weighted by Gasteiger charge is -2.31. The molecule has 1 aromatic heterocycles. The number of nitrogens with one attached hydrogen (secondary N) is 2. The average molecular weight is 530 g/mol. The van der Waals surface area contributed by atoms with Gasteiger partial charge in [-0.3, -0.25) is 23.7 Å². The first kappa shape index (κ1) is 29.4. The Bertz CT molecular complexity index is 1160. The Morgan fingerprint density at radius 1 is 1.14 bits per heavy atom. The van der Waals surface area contributed by atoms with Gasteiger partial charge in [-0.2, -0.15) is 5.09 Å². The van der Waals surface area contributed by atoms with Gasteiger partial charge in [0.05, 0.1) is 18.8 Å². The van der Waals surface area contributed by atoms with E-state index in [9.17, 15) is 23.3 Å². The molecule has 2 aromatic rings. The SMILES string of the molecule is CC(C)OC(=O)[C@H](C)NP(=O)(OC[C@H](C)O[C@@H](n1ccc(=O)[nH]c1=O)C(C)(C)F)Oc1ccccc1. The quantitative estimate of drug-likeness (QED) is 0.296. The molecule has 2 N–H and O–H groups in total. The number of ether oxygens (including phenoxy) is 2. The first-order valence-corrected chi connectivity index (χ1v) is 12.9. The Morgan fingerprint density at radius 3 is 2.33 bits per heavy atom. The summed E-state index contributed by atoms with van der Waals surface area (Å²) in [7, 11) is -4.16. The Balaban J connectivity index is 2.20. The zero-order valence-corrected chi connectivity index (χ0v) is 22.0. The van der Waals surface area contributed by atoms with Crippen LogP contribution in [0.15, 0.2) is 52.2 Å². The van der Waals surface area contributed by atoms with Crippen molar-refractivity contribution in [1.29, 1.82) is 0 Å². The molecule has 0 saturated carbocycles. The van der Waals surface area contributed by atoms with Gasteiger partial charge in [-0.05, 0) is 53.7 Å². The van der Waals surface area contributed by atoms with Gasteiger partial charge >= 0.3 is 19.4 Å². The molecule has 2 rings (SSSR count). The predicted molar refractivity (Wildman–Crippen MR) is 131 cm³/mol. The number of rotatable bonds is 13. The molecule has 0 bridgehead atoms. The van der Waals surface area contributed by atoms with Gasteiger partial charge in [-0.25, -0.2) is 13.8 Å². The van der Waals surface area contributed by atoms with Crippen LogP contribution in [0, 0.1) is 0 Å². The molecule has 36 heavy (non-hydrogen) atoms. The van der Waals surface area contributed by atoms with Crippen LogP contribution in [0.1, 0.15) is 47.8 Å². The van der Waals surface area contributed by atoms with Crippen molar-refractivity contribution in [3.05, 3.63) is 63.4 Å². The molecule has 0 aliphatic carbocycles. The molecule has 0 radical (unpaired) electrons. The standard InChI is InChI=1S/C23H33FN3O8P/c1-15(2)33-20(29)17(4)26-36(31,35-18-10-8-7-9-11-18)32-14-16(3)34-21(23(5,6)24)27-13-12-19(28)25-22(27)30/h7-13,15-17,21H,14H2,1-6H3,(H,26,31)(H,25,28,30)/t16-,17-,21+,36?/m0/s1. The van der Waals surface area contributed by atoms with Crippen LogP contribution in [-0.4, -0.2) is 46.0 Å². The smallest absolute Gasteiger partial charge is 0.459 e. The minimum absolute atomic E-state index is 0.217. The van der Waals surface area contributed by atoms with Crippen LogP contribution in [0.2, 0.25) is 0 Å². The van der Waals surface area contributed by atoms with Crippen molar-refractivity contribution in [2.45, 2.75) is 71.7 Å². The molecular formula is C23H33FN3O8P. The van der Waals surface area contributed by atoms with Gasteiger partial charge in [0.1, 0.15) is 11.8 Å². The van der Waals surface area contributed by atoms with E-state index in [0.717, 1.165) is 16.8 Å². The van der Waals surface area contributed by atoms with Crippen molar-refractivity contribution in [1.82, 2.24) is 14.6 Å². The van der Waals surface area contributed by atoms with E-state index in [-0.39, 0.29) is 18.5 Å². The highest BCUT2D eigenvalue weighted by molar-refractivity contribution is 7.52. The number of hydrogen-bond donors (Lipinski definition) is 2. The third-order valence-electron chi connectivity index (χ3n) is 4.56. The van der Waals surface area contributed by atoms with Crippen molar-refractivity contribution in [3.63, 3.8) is 0 Å². The first-order chi connectivity index (χ1) is 16.7. The molecule has 0 fully saturated rings. The molecule has 1 unspecified atom stereocenters. The van der Waals surface area contributed by atoms with E-state index in [1.807, 2.05) is 4.98 Å². The molecule has 4 atom stereocenters. The van der Waals surface area contributed by atoms with Gasteiger partial charge in [0, 0.05) is 12.3 Å². The molecule has 0 amide bonds. The highest BCUT2D eigenvalue weighted by Crippen LogP contribution is 2.45. The van der Waals surface area contributed by atoms with E-state index >= 15 is 0 Å². The van der Waals surface area contributed by atoms with Crippen LogP contribution in [0.25, 0.3) is 0 Å². The Hall–Kier alpha value is -2.79. The van der Waals surface area contributed by atoms with E-state index in [0.29, 0.717) is 0 Å². The first-order valence-electron chi connectivity index (χ1n) is 11.3. The van der Waals surface area contributed by atoms with Crippen molar-refractivity contribution >= 4 is 13.7 Å². The molecule has 1 aromatic carbocycles. The lowest BCUT2D eigenvalue weighted by atomic mass is 10.1. The summed E-state index contributed by atoms with van der Waals surface area (Å²) in [6, 6.07) is 8.19. The summed E-state index contributed by atoms with van der Waals surface area (Å²) >= 11 is 0. The fourth-order valence-electron chi connectivity index (χ4n) is 2.97. The summed E-state index contributed by atoms with van der Waals surface area (Å²) < 4.78 is 51.3. The number of carbonyl (C=O) groups excluding carboxylic acids is 1. The maximum atomic E-state index is 14.9. The second-order valence-electron chi connectivity index (χ2n) is 8.91. The molecule has 200 valence electrons. The second kappa shape index (κ2) is 12.4. The molecule has 11 nitrogen and oxygen atoms in total. The van der Waals surface area contributed by atoms with Crippen molar-refractivity contribution in [2.24, 2.45) is 0 Å². The van der Waals surface area contributed by atoms with Gasteiger partial charge in [0.15, 0.2) is 11.9 Å². The fourth-order valence-corrected chi connectivity index (χ4v) is 4.53. The van der Waals surface area contributed by atoms with Gasteiger partial charge in [0.25, 0.3) is 5.56 Å². The van der Waals surface area contributed by atoms with Crippen molar-refractivity contribution < 1.29 is 32.3 Å². The average Bonchev–Trinajstić information content (AvgIpc) is 2.76. The third-order valence-corrected chi connectivity index (χ3v) is 6.20. The lowest BCUT2D eigenvalue weighted by Crippen LogP contribution is -2.42. The molecule has 0 aliphatic heterocycles. The van der Waals surface area contributed by atoms with Crippen LogP contribution in [0.4, 0.5) is 4.39 Å². The van der Waals surface area contributed by atoms with Crippen molar-refractivity contribution in [3.8, 4) is 5.75 Å². The predicted octanol–water partition coefficient (Wildman–Crippen LogP) is 3.32. The Morgan fingerprint density at radius 2 is 1.78 bits per heavy atom. The maximum absolute atomic E-state index is 14.9. The highest BCUT2D eigenvalue weighted by atomic mass is 31.2. The molecule has 0 aliphatic rings. The topological polar surface area (TPSA) is 138 Å². The number of aromatic amines is 1. The number of halogens is 1. The second-order valence-corrected chi connectivity index (χ2v) is 10.6. The van der Waals surface area contributed by atoms with Crippen LogP contribution in [0.3, 0.4) is 0 Å². The monoisotopic (exact) mass is 529 g/mol. The van der Waals surface area contributed by atoms with Crippen LogP contribution < -0.4 is 20.9 Å². The third kappa shape index (κ3) is 9.02. The Kier molecular flexibility index (Phi) is 10.2. The number of aromatic nitrogens is 2. The van der Waals surface area contributed by atoms with Crippen LogP contribution in [-0.2, 0) is 23.4 Å². The summed E-state index contributed by atoms with van der Waals surface area (Å²) in [6.07, 6.45) is -1.62. The van der Waals surface area contributed by atoms with Gasteiger partial charge in [-0.15, -0.1) is 0 Å². The van der Waals surface area contributed by atoms with Gasteiger partial charge in [-0.1, -0.05) is 18.2 Å². The Labute approximate surface area is 208 Å². The number of carbonyl (C=O) groups is 1. The number of esters is 1. The van der Waals surface area contributed by atoms with Crippen LogP contribution >= 0.6 is 7.75 Å². The number of nitrogens with zero attached hydrogens (tertiary/aromatic N) is 1. The fraction of sp³-hybridized carbons (Fsp3) is 0.522. The van der Waals surface area contributed by atoms with E-state index in [1.54, 1.807) is 44.2 Å². The number of alkyl halides is 1. The van der Waals surface area contributed by atoms with Crippen molar-refractivity contribution in [2.75, 3.05) is 6.61 Å². The minimum Gasteiger partial charge on any atom is -0.462 e. The van der Waals surface area contributed by atoms with E-state index in [2.05, 4.69) is 5.09 Å². The molecule has 1 heterocycles. The normalized spacial score (nSPS) is 16.1. The summed E-state index contributed by atoms with van der Waals surface area (Å²) in [5.74, 6) is -0.444. The van der Waals surface area contributed by atoms with E-state index in [1.165, 1.54) is 27.7 Å². The molecular weight excluding hydrogens is 496 g/mol. The summed E-state index contributed by atoms with van der Waals surface area (Å²) in [6.45, 7) is 8.35. The number of para-hydroxylation sites is 1.